The van der Waals surface area contributed by atoms with Crippen LogP contribution < -0.4 is 5.32 Å². The zero-order valence-electron chi connectivity index (χ0n) is 14.7. The Morgan fingerprint density at radius 2 is 1.78 bits per heavy atom. The fourth-order valence-corrected chi connectivity index (χ4v) is 4.99. The van der Waals surface area contributed by atoms with Crippen molar-refractivity contribution in [1.82, 2.24) is 4.98 Å². The van der Waals surface area contributed by atoms with Gasteiger partial charge in [0.25, 0.3) is 0 Å². The van der Waals surface area contributed by atoms with Gasteiger partial charge in [-0.2, -0.15) is 0 Å². The van der Waals surface area contributed by atoms with Crippen LogP contribution >= 0.6 is 23.1 Å². The van der Waals surface area contributed by atoms with E-state index in [1.807, 2.05) is 30.5 Å². The highest BCUT2D eigenvalue weighted by molar-refractivity contribution is 7.98. The molecule has 0 bridgehead atoms. The second-order valence-electron chi connectivity index (χ2n) is 6.48. The van der Waals surface area contributed by atoms with Crippen LogP contribution in [0.3, 0.4) is 0 Å². The van der Waals surface area contributed by atoms with E-state index in [0.717, 1.165) is 21.7 Å². The van der Waals surface area contributed by atoms with Gasteiger partial charge in [0.05, 0.1) is 17.0 Å². The first-order valence-electron chi connectivity index (χ1n) is 8.69. The molecular formula is C22H16N2OS2. The van der Waals surface area contributed by atoms with Gasteiger partial charge in [-0.15, -0.1) is 11.8 Å². The van der Waals surface area contributed by atoms with Crippen LogP contribution in [0.1, 0.15) is 5.56 Å². The van der Waals surface area contributed by atoms with Gasteiger partial charge in [0.15, 0.2) is 5.13 Å². The molecule has 1 aromatic heterocycles. The Balaban J connectivity index is 1.39. The number of hydrogen-bond donors (Lipinski definition) is 1. The zero-order valence-corrected chi connectivity index (χ0v) is 16.3. The lowest BCUT2D eigenvalue weighted by Gasteiger charge is -2.04. The molecule has 3 aromatic carbocycles. The maximum Gasteiger partial charge on any atom is 0.230 e. The molecule has 1 aliphatic rings. The Hall–Kier alpha value is -2.63. The lowest BCUT2D eigenvalue weighted by Crippen LogP contribution is -2.14. The van der Waals surface area contributed by atoms with E-state index in [1.54, 1.807) is 23.1 Å². The van der Waals surface area contributed by atoms with Crippen LogP contribution in [0.2, 0.25) is 0 Å². The van der Waals surface area contributed by atoms with Gasteiger partial charge in [-0.1, -0.05) is 59.9 Å². The third-order valence-corrected chi connectivity index (χ3v) is 6.55. The molecule has 5 rings (SSSR count). The van der Waals surface area contributed by atoms with Crippen molar-refractivity contribution >= 4 is 44.9 Å². The van der Waals surface area contributed by atoms with Crippen LogP contribution in [0.25, 0.3) is 32.5 Å². The summed E-state index contributed by atoms with van der Waals surface area (Å²) in [5.74, 6) is -0.0363. The first-order chi connectivity index (χ1) is 13.2. The van der Waals surface area contributed by atoms with Gasteiger partial charge < -0.3 is 5.32 Å². The summed E-state index contributed by atoms with van der Waals surface area (Å²) < 4.78 is 0. The van der Waals surface area contributed by atoms with Crippen molar-refractivity contribution in [1.29, 1.82) is 0 Å². The molecule has 0 aliphatic heterocycles. The largest absolute Gasteiger partial charge is 0.302 e. The summed E-state index contributed by atoms with van der Waals surface area (Å²) >= 11 is 3.25. The fourth-order valence-electron chi connectivity index (χ4n) is 3.56. The van der Waals surface area contributed by atoms with E-state index in [9.17, 15) is 4.79 Å². The van der Waals surface area contributed by atoms with E-state index >= 15 is 0 Å². The van der Waals surface area contributed by atoms with Gasteiger partial charge in [-0.3, -0.25) is 4.79 Å². The summed E-state index contributed by atoms with van der Waals surface area (Å²) in [7, 11) is 0. The van der Waals surface area contributed by atoms with Crippen molar-refractivity contribution in [3.05, 3.63) is 66.2 Å². The highest BCUT2D eigenvalue weighted by Gasteiger charge is 2.25. The molecular weight excluding hydrogens is 372 g/mol. The molecule has 132 valence electrons. The van der Waals surface area contributed by atoms with E-state index in [-0.39, 0.29) is 5.91 Å². The average Bonchev–Trinajstić information content (AvgIpc) is 3.22. The summed E-state index contributed by atoms with van der Waals surface area (Å²) in [6.45, 7) is 0. The predicted molar refractivity (Wildman–Crippen MR) is 115 cm³/mol. The molecule has 0 fully saturated rings. The maximum atomic E-state index is 12.4. The summed E-state index contributed by atoms with van der Waals surface area (Å²) in [5.41, 5.74) is 4.35. The molecule has 1 amide bonds. The number of carbonyl (C=O) groups excluding carboxylic acids is 1. The topological polar surface area (TPSA) is 42.0 Å². The predicted octanol–water partition coefficient (Wildman–Crippen LogP) is 5.85. The third-order valence-electron chi connectivity index (χ3n) is 4.80. The standard InChI is InChI=1S/C22H16N2OS2/c1-26-15-10-8-13(9-11-15)12-18(25)23-22-24-20-16-6-2-4-14-5-3-7-17(19(14)16)21(20)27-22/h2-11H,12H2,1H3,(H,23,24,25). The smallest absolute Gasteiger partial charge is 0.230 e. The first kappa shape index (κ1) is 16.5. The van der Waals surface area contributed by atoms with Crippen LogP contribution in [-0.2, 0) is 11.2 Å². The van der Waals surface area contributed by atoms with Crippen LogP contribution in [0.5, 0.6) is 0 Å². The number of thiazole rings is 1. The molecule has 27 heavy (non-hydrogen) atoms. The van der Waals surface area contributed by atoms with Gasteiger partial charge >= 0.3 is 0 Å². The number of thioether (sulfide) groups is 1. The number of nitrogens with zero attached hydrogens (tertiary/aromatic N) is 1. The molecule has 3 nitrogen and oxygen atoms in total. The number of amides is 1. The Morgan fingerprint density at radius 3 is 2.52 bits per heavy atom. The second-order valence-corrected chi connectivity index (χ2v) is 8.36. The average molecular weight is 389 g/mol. The first-order valence-corrected chi connectivity index (χ1v) is 10.7. The minimum atomic E-state index is -0.0363. The molecule has 0 radical (unpaired) electrons. The Morgan fingerprint density at radius 1 is 1.04 bits per heavy atom. The molecule has 0 saturated heterocycles. The number of aromatic nitrogens is 1. The fraction of sp³-hybridized carbons (Fsp3) is 0.0909. The van der Waals surface area contributed by atoms with Crippen molar-refractivity contribution in [2.75, 3.05) is 11.6 Å². The molecule has 1 aliphatic carbocycles. The molecule has 0 saturated carbocycles. The van der Waals surface area contributed by atoms with Crippen molar-refractivity contribution in [3.8, 4) is 21.7 Å². The normalized spacial score (nSPS) is 11.6. The Bertz CT molecular complexity index is 1120. The summed E-state index contributed by atoms with van der Waals surface area (Å²) in [6, 6.07) is 20.7. The molecule has 0 unspecified atom stereocenters. The lowest BCUT2D eigenvalue weighted by atomic mass is 10.0. The zero-order chi connectivity index (χ0) is 18.4. The van der Waals surface area contributed by atoms with Crippen molar-refractivity contribution in [2.24, 2.45) is 0 Å². The SMILES string of the molecule is CSc1ccc(CC(=O)Nc2nc3c(s2)-c2cccc4cccc-3c24)cc1. The summed E-state index contributed by atoms with van der Waals surface area (Å²) in [6.07, 6.45) is 2.40. The Labute approximate surface area is 165 Å². The third kappa shape index (κ3) is 2.83. The number of carbonyl (C=O) groups is 1. The quantitative estimate of drug-likeness (QED) is 0.393. The van der Waals surface area contributed by atoms with E-state index in [4.69, 9.17) is 4.98 Å². The minimum absolute atomic E-state index is 0.0363. The van der Waals surface area contributed by atoms with E-state index < -0.39 is 0 Å². The molecule has 1 N–H and O–H groups in total. The molecule has 5 heteroatoms. The van der Waals surface area contributed by atoms with Gasteiger partial charge in [0.2, 0.25) is 5.91 Å². The van der Waals surface area contributed by atoms with Crippen LogP contribution in [-0.4, -0.2) is 17.1 Å². The highest BCUT2D eigenvalue weighted by Crippen LogP contribution is 2.50. The van der Waals surface area contributed by atoms with Crippen molar-refractivity contribution < 1.29 is 4.79 Å². The molecule has 0 atom stereocenters. The highest BCUT2D eigenvalue weighted by atomic mass is 32.2. The number of anilines is 1. The summed E-state index contributed by atoms with van der Waals surface area (Å²) in [4.78, 5) is 19.5. The van der Waals surface area contributed by atoms with Gasteiger partial charge in [-0.25, -0.2) is 4.98 Å². The summed E-state index contributed by atoms with van der Waals surface area (Å²) in [5, 5.41) is 6.13. The van der Waals surface area contributed by atoms with E-state index in [1.165, 1.54) is 21.2 Å². The maximum absolute atomic E-state index is 12.4. The van der Waals surface area contributed by atoms with Crippen molar-refractivity contribution in [2.45, 2.75) is 11.3 Å². The second kappa shape index (κ2) is 6.51. The monoisotopic (exact) mass is 388 g/mol. The van der Waals surface area contributed by atoms with Crippen LogP contribution in [0.4, 0.5) is 5.13 Å². The number of benzene rings is 3. The van der Waals surface area contributed by atoms with E-state index in [0.29, 0.717) is 11.6 Å². The van der Waals surface area contributed by atoms with Gasteiger partial charge in [0, 0.05) is 16.0 Å². The number of hydrogen-bond acceptors (Lipinski definition) is 4. The van der Waals surface area contributed by atoms with Gasteiger partial charge in [-0.05, 0) is 34.7 Å². The number of nitrogens with one attached hydrogen (secondary N) is 1. The minimum Gasteiger partial charge on any atom is -0.302 e. The van der Waals surface area contributed by atoms with Crippen LogP contribution in [0.15, 0.2) is 65.6 Å². The van der Waals surface area contributed by atoms with Crippen molar-refractivity contribution in [3.63, 3.8) is 0 Å². The van der Waals surface area contributed by atoms with Gasteiger partial charge in [0.1, 0.15) is 0 Å². The van der Waals surface area contributed by atoms with E-state index in [2.05, 4.69) is 41.7 Å². The number of fused-ring (bicyclic) bond motifs is 3. The lowest BCUT2D eigenvalue weighted by molar-refractivity contribution is -0.115. The number of rotatable bonds is 4. The molecule has 1 heterocycles. The Kier molecular flexibility index (Phi) is 3.99. The molecule has 4 aromatic rings. The van der Waals surface area contributed by atoms with Crippen LogP contribution in [0, 0.1) is 0 Å². The molecule has 0 spiro atoms.